The number of carbonyl (C=O) groups excluding carboxylic acids is 2. The van der Waals surface area contributed by atoms with Crippen molar-refractivity contribution in [2.75, 3.05) is 13.2 Å². The maximum absolute atomic E-state index is 12.4. The van der Waals surface area contributed by atoms with Gasteiger partial charge in [-0.05, 0) is 128 Å². The Balaban J connectivity index is 3.55. The predicted octanol–water partition coefficient (Wildman–Crippen LogP) is 27.8. The average Bonchev–Trinajstić information content (AvgIpc) is 3.75. The fourth-order valence-corrected chi connectivity index (χ4v) is 11.0. The highest BCUT2D eigenvalue weighted by molar-refractivity contribution is 5.70. The van der Waals surface area contributed by atoms with E-state index in [1.165, 1.54) is 218 Å². The standard InChI is InChI=1S/C87H146O5/c1-3-5-7-9-11-13-15-17-19-21-23-25-27-29-31-33-35-37-39-41-43-45-47-49-51-53-55-57-59-61-63-65-67-69-71-73-75-77-79-81-86(89)91-84-85(83-88)92-87(90)82-80-78-76-74-72-70-68-66-64-62-60-58-56-54-52-50-48-46-44-42-40-38-36-34-32-30-28-26-24-22-20-18-16-14-12-10-8-6-4-2/h6,8,12,14,18,20-21,23-24,26,30,32,36,38,42,44,48,50,54,56,60,62,66,68,72,74,85,88H,3-5,7,9-11,13,15-17,19,22,25,27-29,31,33-35,37,39-41,43,45-47,49,51-53,55,57-59,61,63-65,67,69-71,73,75-84H2,1-2H3/b8-6-,14-12-,20-18-,23-21-,26-24-,32-30-,38-36-,44-42-,50-48-,56-54-,62-60-,68-66-,74-72-. The van der Waals surface area contributed by atoms with Gasteiger partial charge >= 0.3 is 11.9 Å². The van der Waals surface area contributed by atoms with Gasteiger partial charge in [0.1, 0.15) is 6.61 Å². The zero-order valence-electron chi connectivity index (χ0n) is 60.3. The van der Waals surface area contributed by atoms with Crippen molar-refractivity contribution in [3.8, 4) is 0 Å². The smallest absolute Gasteiger partial charge is 0.306 e. The van der Waals surface area contributed by atoms with Crippen molar-refractivity contribution in [2.24, 2.45) is 0 Å². The van der Waals surface area contributed by atoms with Gasteiger partial charge < -0.3 is 14.6 Å². The molecule has 5 nitrogen and oxygen atoms in total. The van der Waals surface area contributed by atoms with Crippen LogP contribution in [-0.2, 0) is 19.1 Å². The van der Waals surface area contributed by atoms with Crippen LogP contribution in [0.1, 0.15) is 361 Å². The summed E-state index contributed by atoms with van der Waals surface area (Å²) in [5, 5.41) is 9.71. The number of unbranched alkanes of at least 4 members (excludes halogenated alkanes) is 37. The van der Waals surface area contributed by atoms with E-state index < -0.39 is 6.10 Å². The molecule has 92 heavy (non-hydrogen) atoms. The van der Waals surface area contributed by atoms with Gasteiger partial charge in [0.2, 0.25) is 0 Å². The number of allylic oxidation sites excluding steroid dienone is 26. The van der Waals surface area contributed by atoms with E-state index in [0.717, 1.165) is 116 Å². The Hall–Kier alpha value is -4.48. The molecule has 1 N–H and O–H groups in total. The molecule has 1 unspecified atom stereocenters. The Bertz CT molecular complexity index is 1930. The molecular formula is C87H146O5. The highest BCUT2D eigenvalue weighted by Crippen LogP contribution is 2.18. The van der Waals surface area contributed by atoms with E-state index in [9.17, 15) is 14.7 Å². The van der Waals surface area contributed by atoms with Crippen LogP contribution in [0.3, 0.4) is 0 Å². The molecule has 0 saturated heterocycles. The predicted molar refractivity (Wildman–Crippen MR) is 407 cm³/mol. The molecule has 0 fully saturated rings. The summed E-state index contributed by atoms with van der Waals surface area (Å²) in [5.41, 5.74) is 0. The molecule has 1 atom stereocenters. The first kappa shape index (κ1) is 87.5. The van der Waals surface area contributed by atoms with Crippen LogP contribution in [0.5, 0.6) is 0 Å². The first-order valence-corrected chi connectivity index (χ1v) is 39.0. The number of aliphatic hydroxyl groups excluding tert-OH is 1. The van der Waals surface area contributed by atoms with Gasteiger partial charge in [0.25, 0.3) is 0 Å². The molecule has 0 radical (unpaired) electrons. The normalized spacial score (nSPS) is 13.1. The third kappa shape index (κ3) is 78.0. The largest absolute Gasteiger partial charge is 0.462 e. The minimum absolute atomic E-state index is 0.0897. The third-order valence-electron chi connectivity index (χ3n) is 16.8. The van der Waals surface area contributed by atoms with Crippen LogP contribution in [0.4, 0.5) is 0 Å². The van der Waals surface area contributed by atoms with Crippen molar-refractivity contribution in [1.29, 1.82) is 0 Å². The van der Waals surface area contributed by atoms with Gasteiger partial charge in [-0.15, -0.1) is 0 Å². The molecule has 0 aromatic rings. The SMILES string of the molecule is CC/C=C\C/C=C\C/C=C\C/C=C\C/C=C\C/C=C\C/C=C\C/C=C\C/C=C\C/C=C\C/C=C\C/C=C\CCCCC(=O)OC(CO)COC(=O)CCCCCCCCCCCCCCCCCCCCCCCCCCCCC/C=C\CCCCCCCCCC. The van der Waals surface area contributed by atoms with Gasteiger partial charge in [-0.25, -0.2) is 0 Å². The molecule has 0 aromatic heterocycles. The van der Waals surface area contributed by atoms with Gasteiger partial charge in [-0.2, -0.15) is 0 Å². The quantitative estimate of drug-likeness (QED) is 0.0373. The van der Waals surface area contributed by atoms with Gasteiger partial charge in [-0.1, -0.05) is 377 Å². The lowest BCUT2D eigenvalue weighted by Crippen LogP contribution is -2.28. The third-order valence-corrected chi connectivity index (χ3v) is 16.8. The number of esters is 2. The molecule has 0 heterocycles. The van der Waals surface area contributed by atoms with E-state index in [2.05, 4.69) is 172 Å². The molecule has 0 saturated carbocycles. The monoisotopic (exact) mass is 1270 g/mol. The number of rotatable bonds is 71. The van der Waals surface area contributed by atoms with Gasteiger partial charge in [0.05, 0.1) is 6.61 Å². The fourth-order valence-electron chi connectivity index (χ4n) is 11.0. The average molecular weight is 1270 g/mol. The minimum Gasteiger partial charge on any atom is -0.462 e. The first-order chi connectivity index (χ1) is 45.6. The Kier molecular flexibility index (Phi) is 76.8. The Labute approximate surface area is 571 Å². The van der Waals surface area contributed by atoms with Crippen LogP contribution in [0.15, 0.2) is 158 Å². The van der Waals surface area contributed by atoms with Crippen LogP contribution in [0, 0.1) is 0 Å². The van der Waals surface area contributed by atoms with Gasteiger partial charge in [-0.3, -0.25) is 9.59 Å². The molecule has 5 heteroatoms. The zero-order chi connectivity index (χ0) is 66.1. The Morgan fingerprint density at radius 3 is 0.739 bits per heavy atom. The van der Waals surface area contributed by atoms with E-state index in [1.807, 2.05) is 0 Å². The number of ether oxygens (including phenoxy) is 2. The maximum atomic E-state index is 12.4. The fraction of sp³-hybridized carbons (Fsp3) is 0.678. The number of carbonyl (C=O) groups is 2. The highest BCUT2D eigenvalue weighted by atomic mass is 16.6. The van der Waals surface area contributed by atoms with Crippen molar-refractivity contribution in [2.45, 2.75) is 367 Å². The second kappa shape index (κ2) is 80.8. The molecule has 0 rings (SSSR count). The molecule has 0 aliphatic rings. The summed E-state index contributed by atoms with van der Waals surface area (Å²) in [4.78, 5) is 24.7. The summed E-state index contributed by atoms with van der Waals surface area (Å²) in [7, 11) is 0. The van der Waals surface area contributed by atoms with E-state index in [-0.39, 0.29) is 25.2 Å². The number of aliphatic hydroxyl groups is 1. The van der Waals surface area contributed by atoms with Crippen LogP contribution >= 0.6 is 0 Å². The van der Waals surface area contributed by atoms with E-state index in [0.29, 0.717) is 12.8 Å². The number of hydrogen-bond donors (Lipinski definition) is 1. The van der Waals surface area contributed by atoms with Crippen LogP contribution in [-0.4, -0.2) is 36.4 Å². The highest BCUT2D eigenvalue weighted by Gasteiger charge is 2.16. The maximum Gasteiger partial charge on any atom is 0.306 e. The summed E-state index contributed by atoms with van der Waals surface area (Å²) < 4.78 is 10.7. The molecule has 0 aliphatic carbocycles. The van der Waals surface area contributed by atoms with Crippen LogP contribution < -0.4 is 0 Å². The van der Waals surface area contributed by atoms with Crippen molar-refractivity contribution in [3.05, 3.63) is 158 Å². The summed E-state index contributed by atoms with van der Waals surface area (Å²) in [5.74, 6) is -0.639. The lowest BCUT2D eigenvalue weighted by molar-refractivity contribution is -0.161. The van der Waals surface area contributed by atoms with Crippen molar-refractivity contribution < 1.29 is 24.2 Å². The molecule has 0 bridgehead atoms. The second-order valence-electron chi connectivity index (χ2n) is 25.7. The van der Waals surface area contributed by atoms with Crippen LogP contribution in [0.25, 0.3) is 0 Å². The minimum atomic E-state index is -0.807. The second-order valence-corrected chi connectivity index (χ2v) is 25.7. The zero-order valence-corrected chi connectivity index (χ0v) is 60.3. The first-order valence-electron chi connectivity index (χ1n) is 39.0. The van der Waals surface area contributed by atoms with E-state index in [1.54, 1.807) is 0 Å². The molecule has 524 valence electrons. The van der Waals surface area contributed by atoms with E-state index in [4.69, 9.17) is 9.47 Å². The lowest BCUT2D eigenvalue weighted by Gasteiger charge is -2.15. The molecule has 0 aliphatic heterocycles. The van der Waals surface area contributed by atoms with Crippen LogP contribution in [0.2, 0.25) is 0 Å². The van der Waals surface area contributed by atoms with E-state index >= 15 is 0 Å². The van der Waals surface area contributed by atoms with Gasteiger partial charge in [0, 0.05) is 12.8 Å². The molecular weight excluding hydrogens is 1120 g/mol. The van der Waals surface area contributed by atoms with Crippen molar-refractivity contribution in [1.82, 2.24) is 0 Å². The Morgan fingerprint density at radius 2 is 0.467 bits per heavy atom. The summed E-state index contributed by atoms with van der Waals surface area (Å²) >= 11 is 0. The number of hydrogen-bond acceptors (Lipinski definition) is 5. The topological polar surface area (TPSA) is 72.8 Å². The lowest BCUT2D eigenvalue weighted by atomic mass is 10.0. The molecule has 0 aromatic carbocycles. The van der Waals surface area contributed by atoms with Gasteiger partial charge in [0.15, 0.2) is 6.10 Å². The summed E-state index contributed by atoms with van der Waals surface area (Å²) in [6.45, 7) is 4.02. The molecule has 0 spiro atoms. The Morgan fingerprint density at radius 1 is 0.261 bits per heavy atom. The summed E-state index contributed by atoms with van der Waals surface area (Å²) in [6, 6.07) is 0. The van der Waals surface area contributed by atoms with Crippen molar-refractivity contribution >= 4 is 11.9 Å². The summed E-state index contributed by atoms with van der Waals surface area (Å²) in [6.07, 6.45) is 123. The van der Waals surface area contributed by atoms with Crippen molar-refractivity contribution in [3.63, 3.8) is 0 Å². The molecule has 0 amide bonds.